The SMILES string of the molecule is CC(C)CNC(=O)N1CC(c2nncn2Cc2ccccc2)C2(CCCCC2)C1. The van der Waals surface area contributed by atoms with Crippen LogP contribution in [0.5, 0.6) is 0 Å². The summed E-state index contributed by atoms with van der Waals surface area (Å²) in [5.41, 5.74) is 1.38. The van der Waals surface area contributed by atoms with E-state index in [1.165, 1.54) is 37.7 Å². The lowest BCUT2D eigenvalue weighted by atomic mass is 9.67. The first-order valence-corrected chi connectivity index (χ1v) is 11.0. The molecule has 2 heterocycles. The van der Waals surface area contributed by atoms with Crippen molar-refractivity contribution in [2.24, 2.45) is 11.3 Å². The van der Waals surface area contributed by atoms with Gasteiger partial charge in [-0.25, -0.2) is 4.79 Å². The van der Waals surface area contributed by atoms with Crippen LogP contribution in [0.4, 0.5) is 4.79 Å². The highest BCUT2D eigenvalue weighted by atomic mass is 16.2. The van der Waals surface area contributed by atoms with E-state index < -0.39 is 0 Å². The molecular formula is C23H33N5O. The molecule has 2 aliphatic rings. The van der Waals surface area contributed by atoms with Gasteiger partial charge in [0, 0.05) is 25.6 Å². The van der Waals surface area contributed by atoms with Crippen LogP contribution in [-0.2, 0) is 6.54 Å². The molecular weight excluding hydrogens is 362 g/mol. The van der Waals surface area contributed by atoms with Gasteiger partial charge in [0.15, 0.2) is 0 Å². The van der Waals surface area contributed by atoms with Crippen molar-refractivity contribution in [1.29, 1.82) is 0 Å². The van der Waals surface area contributed by atoms with Crippen LogP contribution >= 0.6 is 0 Å². The van der Waals surface area contributed by atoms with Crippen LogP contribution in [0.1, 0.15) is 63.3 Å². The molecule has 0 radical (unpaired) electrons. The van der Waals surface area contributed by atoms with Gasteiger partial charge in [-0.05, 0) is 29.7 Å². The number of carbonyl (C=O) groups is 1. The topological polar surface area (TPSA) is 63.1 Å². The lowest BCUT2D eigenvalue weighted by molar-refractivity contribution is 0.163. The minimum Gasteiger partial charge on any atom is -0.338 e. The molecule has 1 unspecified atom stereocenters. The molecule has 156 valence electrons. The van der Waals surface area contributed by atoms with Crippen molar-refractivity contribution < 1.29 is 4.79 Å². The molecule has 1 spiro atoms. The average Bonchev–Trinajstić information content (AvgIpc) is 3.32. The van der Waals surface area contributed by atoms with Gasteiger partial charge in [0.25, 0.3) is 0 Å². The third-order valence-electron chi connectivity index (χ3n) is 6.60. The van der Waals surface area contributed by atoms with E-state index in [0.717, 1.165) is 32.0 Å². The number of carbonyl (C=O) groups excluding carboxylic acids is 1. The fraction of sp³-hybridized carbons (Fsp3) is 0.609. The second-order valence-electron chi connectivity index (χ2n) is 9.24. The predicted octanol–water partition coefficient (Wildman–Crippen LogP) is 4.04. The second kappa shape index (κ2) is 8.56. The van der Waals surface area contributed by atoms with E-state index in [9.17, 15) is 4.79 Å². The van der Waals surface area contributed by atoms with E-state index >= 15 is 0 Å². The van der Waals surface area contributed by atoms with Crippen molar-refractivity contribution in [1.82, 2.24) is 25.0 Å². The van der Waals surface area contributed by atoms with Gasteiger partial charge in [0.1, 0.15) is 12.2 Å². The number of aromatic nitrogens is 3. The maximum absolute atomic E-state index is 12.8. The second-order valence-corrected chi connectivity index (χ2v) is 9.24. The summed E-state index contributed by atoms with van der Waals surface area (Å²) in [6.45, 7) is 7.31. The zero-order chi connectivity index (χ0) is 20.3. The van der Waals surface area contributed by atoms with E-state index in [-0.39, 0.29) is 17.4 Å². The molecule has 1 N–H and O–H groups in total. The van der Waals surface area contributed by atoms with Crippen molar-refractivity contribution in [3.63, 3.8) is 0 Å². The fourth-order valence-electron chi connectivity index (χ4n) is 5.08. The molecule has 6 nitrogen and oxygen atoms in total. The zero-order valence-corrected chi connectivity index (χ0v) is 17.7. The highest BCUT2D eigenvalue weighted by Crippen LogP contribution is 2.51. The molecule has 0 bridgehead atoms. The minimum absolute atomic E-state index is 0.0697. The van der Waals surface area contributed by atoms with E-state index in [1.54, 1.807) is 0 Å². The van der Waals surface area contributed by atoms with Crippen molar-refractivity contribution in [3.8, 4) is 0 Å². The van der Waals surface area contributed by atoms with Crippen LogP contribution in [0, 0.1) is 11.3 Å². The Hall–Kier alpha value is -2.37. The number of urea groups is 1. The number of nitrogens with zero attached hydrogens (tertiary/aromatic N) is 4. The Labute approximate surface area is 173 Å². The average molecular weight is 396 g/mol. The van der Waals surface area contributed by atoms with E-state index in [1.807, 2.05) is 17.3 Å². The van der Waals surface area contributed by atoms with Gasteiger partial charge in [-0.2, -0.15) is 0 Å². The smallest absolute Gasteiger partial charge is 0.317 e. The number of benzene rings is 1. The highest BCUT2D eigenvalue weighted by molar-refractivity contribution is 5.74. The van der Waals surface area contributed by atoms with Crippen LogP contribution in [0.15, 0.2) is 36.7 Å². The Morgan fingerprint density at radius 2 is 1.97 bits per heavy atom. The van der Waals surface area contributed by atoms with Gasteiger partial charge in [-0.1, -0.05) is 63.4 Å². The minimum atomic E-state index is 0.0697. The summed E-state index contributed by atoms with van der Waals surface area (Å²) in [6, 6.07) is 10.5. The number of nitrogens with one attached hydrogen (secondary N) is 1. The van der Waals surface area contributed by atoms with Gasteiger partial charge in [0.05, 0.1) is 6.54 Å². The van der Waals surface area contributed by atoms with Gasteiger partial charge >= 0.3 is 6.03 Å². The maximum atomic E-state index is 12.8. The van der Waals surface area contributed by atoms with Crippen LogP contribution in [0.3, 0.4) is 0 Å². The number of rotatable bonds is 5. The third kappa shape index (κ3) is 4.31. The molecule has 1 aromatic heterocycles. The molecule has 4 rings (SSSR count). The number of amides is 2. The first-order valence-electron chi connectivity index (χ1n) is 11.0. The molecule has 1 saturated carbocycles. The Morgan fingerprint density at radius 3 is 2.69 bits per heavy atom. The van der Waals surface area contributed by atoms with E-state index in [4.69, 9.17) is 0 Å². The van der Waals surface area contributed by atoms with Crippen LogP contribution in [0.25, 0.3) is 0 Å². The normalized spacial score (nSPS) is 21.1. The first-order chi connectivity index (χ1) is 14.1. The molecule has 2 amide bonds. The van der Waals surface area contributed by atoms with Crippen molar-refractivity contribution in [2.75, 3.05) is 19.6 Å². The van der Waals surface area contributed by atoms with Crippen LogP contribution < -0.4 is 5.32 Å². The predicted molar refractivity (Wildman–Crippen MR) is 114 cm³/mol. The molecule has 1 saturated heterocycles. The van der Waals surface area contributed by atoms with Gasteiger partial charge in [0.2, 0.25) is 0 Å². The molecule has 2 aromatic rings. The van der Waals surface area contributed by atoms with E-state index in [0.29, 0.717) is 5.92 Å². The summed E-state index contributed by atoms with van der Waals surface area (Å²) in [5, 5.41) is 11.9. The summed E-state index contributed by atoms with van der Waals surface area (Å²) in [7, 11) is 0. The largest absolute Gasteiger partial charge is 0.338 e. The Morgan fingerprint density at radius 1 is 1.21 bits per heavy atom. The summed E-state index contributed by atoms with van der Waals surface area (Å²) in [4.78, 5) is 14.9. The maximum Gasteiger partial charge on any atom is 0.317 e. The number of likely N-dealkylation sites (tertiary alicyclic amines) is 1. The van der Waals surface area contributed by atoms with E-state index in [2.05, 4.69) is 58.2 Å². The lowest BCUT2D eigenvalue weighted by Gasteiger charge is -2.37. The highest BCUT2D eigenvalue weighted by Gasteiger charge is 2.50. The monoisotopic (exact) mass is 395 g/mol. The number of hydrogen-bond acceptors (Lipinski definition) is 3. The summed E-state index contributed by atoms with van der Waals surface area (Å²) < 4.78 is 2.19. The molecule has 1 aromatic carbocycles. The lowest BCUT2D eigenvalue weighted by Crippen LogP contribution is -2.41. The molecule has 1 aliphatic heterocycles. The summed E-state index contributed by atoms with van der Waals surface area (Å²) in [5.74, 6) is 1.74. The van der Waals surface area contributed by atoms with Gasteiger partial charge in [-0.3, -0.25) is 0 Å². The van der Waals surface area contributed by atoms with Crippen molar-refractivity contribution in [2.45, 2.75) is 58.4 Å². The molecule has 1 atom stereocenters. The quantitative estimate of drug-likeness (QED) is 0.831. The summed E-state index contributed by atoms with van der Waals surface area (Å²) >= 11 is 0. The molecule has 2 fully saturated rings. The number of hydrogen-bond donors (Lipinski definition) is 1. The molecule has 6 heteroatoms. The molecule has 1 aliphatic carbocycles. The Kier molecular flexibility index (Phi) is 5.88. The summed E-state index contributed by atoms with van der Waals surface area (Å²) in [6.07, 6.45) is 7.97. The van der Waals surface area contributed by atoms with Gasteiger partial charge in [-0.15, -0.1) is 10.2 Å². The first kappa shape index (κ1) is 19.9. The van der Waals surface area contributed by atoms with Crippen LogP contribution in [0.2, 0.25) is 0 Å². The third-order valence-corrected chi connectivity index (χ3v) is 6.60. The molecule has 29 heavy (non-hydrogen) atoms. The Balaban J connectivity index is 1.58. The Bertz CT molecular complexity index is 810. The van der Waals surface area contributed by atoms with Crippen LogP contribution in [-0.4, -0.2) is 45.3 Å². The van der Waals surface area contributed by atoms with Gasteiger partial charge < -0.3 is 14.8 Å². The van der Waals surface area contributed by atoms with Crippen molar-refractivity contribution >= 4 is 6.03 Å². The fourth-order valence-corrected chi connectivity index (χ4v) is 5.08. The standard InChI is InChI=1S/C23H33N5O/c1-18(2)13-24-22(29)27-15-20(23(16-27)11-7-4-8-12-23)21-26-25-17-28(21)14-19-9-5-3-6-10-19/h3,5-6,9-10,17-18,20H,4,7-8,11-16H2,1-2H3,(H,24,29). The zero-order valence-electron chi connectivity index (χ0n) is 17.7. The van der Waals surface area contributed by atoms with Crippen molar-refractivity contribution in [3.05, 3.63) is 48.0 Å².